The average Bonchev–Trinajstić information content (AvgIpc) is 3.30. The Morgan fingerprint density at radius 1 is 1.28 bits per heavy atom. The molecule has 1 amide bonds. The molecule has 1 aliphatic rings. The zero-order chi connectivity index (χ0) is 17.1. The number of anilines is 1. The fraction of sp³-hybridized carbons (Fsp3) is 0.278. The van der Waals surface area contributed by atoms with E-state index in [4.69, 9.17) is 4.74 Å². The van der Waals surface area contributed by atoms with Gasteiger partial charge in [0.05, 0.1) is 11.8 Å². The molecule has 0 saturated carbocycles. The van der Waals surface area contributed by atoms with Crippen molar-refractivity contribution in [1.82, 2.24) is 19.9 Å². The van der Waals surface area contributed by atoms with Gasteiger partial charge in [-0.25, -0.2) is 9.97 Å². The summed E-state index contributed by atoms with van der Waals surface area (Å²) in [5, 5.41) is 3.40. The summed E-state index contributed by atoms with van der Waals surface area (Å²) in [6.07, 6.45) is 4.27. The molecule has 0 aliphatic carbocycles. The number of rotatable bonds is 5. The number of aromatic nitrogens is 3. The van der Waals surface area contributed by atoms with Gasteiger partial charge in [-0.15, -0.1) is 0 Å². The van der Waals surface area contributed by atoms with Gasteiger partial charge < -0.3 is 19.9 Å². The van der Waals surface area contributed by atoms with Gasteiger partial charge in [0.2, 0.25) is 0 Å². The van der Waals surface area contributed by atoms with Crippen molar-refractivity contribution >= 4 is 22.8 Å². The highest BCUT2D eigenvalue weighted by Gasteiger charge is 2.27. The Morgan fingerprint density at radius 2 is 2.16 bits per heavy atom. The summed E-state index contributed by atoms with van der Waals surface area (Å²) >= 11 is 0. The molecule has 7 heteroatoms. The zero-order valence-electron chi connectivity index (χ0n) is 13.7. The van der Waals surface area contributed by atoms with Gasteiger partial charge in [-0.1, -0.05) is 18.2 Å². The number of benzene rings is 1. The standard InChI is InChI=1S/C18H19N5O2/c24-16(11-25-14-4-2-1-3-5-14)23-9-7-13(10-23)22-18-17-15(6-8-19-18)20-12-21-17/h1-6,8,12-13H,7,9-11H2,(H,19,22)(H,20,21). The third-order valence-corrected chi connectivity index (χ3v) is 4.33. The maximum atomic E-state index is 12.3. The van der Waals surface area contributed by atoms with E-state index in [0.29, 0.717) is 18.8 Å². The molecule has 0 bridgehead atoms. The van der Waals surface area contributed by atoms with E-state index in [1.54, 1.807) is 12.5 Å². The molecule has 1 fully saturated rings. The number of nitrogens with zero attached hydrogens (tertiary/aromatic N) is 3. The van der Waals surface area contributed by atoms with E-state index in [1.165, 1.54) is 0 Å². The third-order valence-electron chi connectivity index (χ3n) is 4.33. The van der Waals surface area contributed by atoms with Crippen molar-refractivity contribution < 1.29 is 9.53 Å². The van der Waals surface area contributed by atoms with Crippen LogP contribution in [-0.4, -0.2) is 51.5 Å². The lowest BCUT2D eigenvalue weighted by Crippen LogP contribution is -2.35. The van der Waals surface area contributed by atoms with Crippen molar-refractivity contribution in [1.29, 1.82) is 0 Å². The molecule has 25 heavy (non-hydrogen) atoms. The number of nitrogens with one attached hydrogen (secondary N) is 2. The highest BCUT2D eigenvalue weighted by atomic mass is 16.5. The molecule has 0 spiro atoms. The molecule has 4 rings (SSSR count). The lowest BCUT2D eigenvalue weighted by molar-refractivity contribution is -0.132. The number of aromatic amines is 1. The maximum Gasteiger partial charge on any atom is 0.260 e. The number of carbonyl (C=O) groups excluding carboxylic acids is 1. The first-order chi connectivity index (χ1) is 12.3. The van der Waals surface area contributed by atoms with Gasteiger partial charge in [0.1, 0.15) is 11.3 Å². The number of H-pyrrole nitrogens is 1. The van der Waals surface area contributed by atoms with Crippen LogP contribution in [0.1, 0.15) is 6.42 Å². The maximum absolute atomic E-state index is 12.3. The molecule has 7 nitrogen and oxygen atoms in total. The largest absolute Gasteiger partial charge is 0.484 e. The van der Waals surface area contributed by atoms with Crippen LogP contribution >= 0.6 is 0 Å². The molecule has 3 aromatic rings. The minimum atomic E-state index is -0.000842. The fourth-order valence-corrected chi connectivity index (χ4v) is 3.02. The lowest BCUT2D eigenvalue weighted by Gasteiger charge is -2.17. The molecule has 1 aromatic carbocycles. The predicted octanol–water partition coefficient (Wildman–Crippen LogP) is 2.05. The summed E-state index contributed by atoms with van der Waals surface area (Å²) in [6.45, 7) is 1.41. The van der Waals surface area contributed by atoms with E-state index in [2.05, 4.69) is 20.3 Å². The minimum Gasteiger partial charge on any atom is -0.484 e. The summed E-state index contributed by atoms with van der Waals surface area (Å²) in [7, 11) is 0. The van der Waals surface area contributed by atoms with Gasteiger partial charge in [0.25, 0.3) is 5.91 Å². The van der Waals surface area contributed by atoms with E-state index in [-0.39, 0.29) is 18.6 Å². The Kier molecular flexibility index (Phi) is 4.20. The van der Waals surface area contributed by atoms with E-state index in [0.717, 1.165) is 23.3 Å². The molecule has 1 aliphatic heterocycles. The van der Waals surface area contributed by atoms with Crippen LogP contribution in [-0.2, 0) is 4.79 Å². The number of ether oxygens (including phenoxy) is 1. The van der Waals surface area contributed by atoms with Crippen molar-refractivity contribution in [3.05, 3.63) is 48.9 Å². The molecule has 2 N–H and O–H groups in total. The molecule has 128 valence electrons. The Balaban J connectivity index is 1.33. The van der Waals surface area contributed by atoms with Crippen molar-refractivity contribution in [3.8, 4) is 5.75 Å². The van der Waals surface area contributed by atoms with Gasteiger partial charge in [-0.2, -0.15) is 0 Å². The average molecular weight is 337 g/mol. The molecule has 2 aromatic heterocycles. The normalized spacial score (nSPS) is 17.0. The van der Waals surface area contributed by atoms with Crippen molar-refractivity contribution in [3.63, 3.8) is 0 Å². The Bertz CT molecular complexity index is 864. The number of likely N-dealkylation sites (tertiary alicyclic amines) is 1. The first kappa shape index (κ1) is 15.4. The van der Waals surface area contributed by atoms with Crippen LogP contribution < -0.4 is 10.1 Å². The van der Waals surface area contributed by atoms with E-state index in [1.807, 2.05) is 41.3 Å². The van der Waals surface area contributed by atoms with Gasteiger partial charge in [-0.05, 0) is 24.6 Å². The fourth-order valence-electron chi connectivity index (χ4n) is 3.02. The SMILES string of the molecule is O=C(COc1ccccc1)N1CCC(Nc2nccc3[nH]cnc23)C1. The van der Waals surface area contributed by atoms with E-state index >= 15 is 0 Å². The number of imidazole rings is 1. The quantitative estimate of drug-likeness (QED) is 0.744. The van der Waals surface area contributed by atoms with Crippen LogP contribution in [0.4, 0.5) is 5.82 Å². The van der Waals surface area contributed by atoms with Crippen LogP contribution in [0.5, 0.6) is 5.75 Å². The van der Waals surface area contributed by atoms with Gasteiger partial charge in [0.15, 0.2) is 12.4 Å². The van der Waals surface area contributed by atoms with Crippen LogP contribution in [0.2, 0.25) is 0 Å². The van der Waals surface area contributed by atoms with Gasteiger partial charge >= 0.3 is 0 Å². The van der Waals surface area contributed by atoms with Crippen molar-refractivity contribution in [2.24, 2.45) is 0 Å². The summed E-state index contributed by atoms with van der Waals surface area (Å²) in [4.78, 5) is 25.9. The number of carbonyl (C=O) groups is 1. The molecule has 1 unspecified atom stereocenters. The number of fused-ring (bicyclic) bond motifs is 1. The van der Waals surface area contributed by atoms with Crippen molar-refractivity contribution in [2.45, 2.75) is 12.5 Å². The molecule has 0 radical (unpaired) electrons. The molecule has 1 saturated heterocycles. The number of amides is 1. The first-order valence-corrected chi connectivity index (χ1v) is 8.30. The Hall–Kier alpha value is -3.09. The van der Waals surface area contributed by atoms with Crippen LogP contribution in [0, 0.1) is 0 Å². The van der Waals surface area contributed by atoms with E-state index in [9.17, 15) is 4.79 Å². The van der Waals surface area contributed by atoms with Crippen LogP contribution in [0.15, 0.2) is 48.9 Å². The predicted molar refractivity (Wildman–Crippen MR) is 94.4 cm³/mol. The zero-order valence-corrected chi connectivity index (χ0v) is 13.7. The second-order valence-corrected chi connectivity index (χ2v) is 6.03. The topological polar surface area (TPSA) is 83.1 Å². The summed E-state index contributed by atoms with van der Waals surface area (Å²) < 4.78 is 5.54. The highest BCUT2D eigenvalue weighted by molar-refractivity contribution is 5.85. The number of hydrogen-bond donors (Lipinski definition) is 2. The van der Waals surface area contributed by atoms with Crippen LogP contribution in [0.25, 0.3) is 11.0 Å². The number of para-hydroxylation sites is 1. The summed E-state index contributed by atoms with van der Waals surface area (Å²) in [5.74, 6) is 1.46. The van der Waals surface area contributed by atoms with Gasteiger partial charge in [0, 0.05) is 25.3 Å². The molecule has 3 heterocycles. The summed E-state index contributed by atoms with van der Waals surface area (Å²) in [5.41, 5.74) is 1.76. The molecular formula is C18H19N5O2. The smallest absolute Gasteiger partial charge is 0.260 e. The van der Waals surface area contributed by atoms with E-state index < -0.39 is 0 Å². The Labute approximate surface area is 145 Å². The lowest BCUT2D eigenvalue weighted by atomic mass is 10.2. The summed E-state index contributed by atoms with van der Waals surface area (Å²) in [6, 6.07) is 11.4. The molecule has 1 atom stereocenters. The minimum absolute atomic E-state index is 0.000842. The third kappa shape index (κ3) is 3.40. The number of hydrogen-bond acceptors (Lipinski definition) is 5. The number of pyridine rings is 1. The van der Waals surface area contributed by atoms with Crippen molar-refractivity contribution in [2.75, 3.05) is 25.0 Å². The first-order valence-electron chi connectivity index (χ1n) is 8.30. The highest BCUT2D eigenvalue weighted by Crippen LogP contribution is 2.20. The second kappa shape index (κ2) is 6.80. The Morgan fingerprint density at radius 3 is 3.04 bits per heavy atom. The molecular weight excluding hydrogens is 318 g/mol. The second-order valence-electron chi connectivity index (χ2n) is 6.03. The monoisotopic (exact) mass is 337 g/mol. The van der Waals surface area contributed by atoms with Crippen LogP contribution in [0.3, 0.4) is 0 Å². The van der Waals surface area contributed by atoms with Gasteiger partial charge in [-0.3, -0.25) is 4.79 Å².